The average molecular weight is 362 g/mol. The summed E-state index contributed by atoms with van der Waals surface area (Å²) in [5.74, 6) is 0.638. The lowest BCUT2D eigenvalue weighted by molar-refractivity contribution is 0.613. The summed E-state index contributed by atoms with van der Waals surface area (Å²) in [6.45, 7) is 6.72. The number of aromatic nitrogens is 1. The van der Waals surface area contributed by atoms with E-state index in [2.05, 4.69) is 45.0 Å². The number of nitrogens with zero attached hydrogens (tertiary/aromatic N) is 1. The lowest BCUT2D eigenvalue weighted by Gasteiger charge is -2.20. The molecule has 0 aliphatic heterocycles. The van der Waals surface area contributed by atoms with Crippen molar-refractivity contribution in [2.75, 3.05) is 0 Å². The molecule has 3 rings (SSSR count). The Labute approximate surface area is 162 Å². The first-order valence-corrected chi connectivity index (χ1v) is 9.89. The van der Waals surface area contributed by atoms with Crippen LogP contribution >= 0.6 is 0 Å². The summed E-state index contributed by atoms with van der Waals surface area (Å²) in [7, 11) is 0. The highest BCUT2D eigenvalue weighted by Crippen LogP contribution is 2.32. The fourth-order valence-electron chi connectivity index (χ4n) is 3.50. The van der Waals surface area contributed by atoms with Gasteiger partial charge in [0.25, 0.3) is 0 Å². The van der Waals surface area contributed by atoms with E-state index < -0.39 is 0 Å². The van der Waals surface area contributed by atoms with E-state index in [-0.39, 0.29) is 5.82 Å². The van der Waals surface area contributed by atoms with Gasteiger partial charge < -0.3 is 0 Å². The number of hydrogen-bond acceptors (Lipinski definition) is 1. The highest BCUT2D eigenvalue weighted by Gasteiger charge is 2.17. The topological polar surface area (TPSA) is 12.9 Å². The molecule has 0 bridgehead atoms. The van der Waals surface area contributed by atoms with Crippen LogP contribution in [0.1, 0.15) is 62.3 Å². The first-order chi connectivity index (χ1) is 13.1. The van der Waals surface area contributed by atoms with Crippen LogP contribution in [0.2, 0.25) is 0 Å². The third-order valence-electron chi connectivity index (χ3n) is 5.39. The molecule has 1 nitrogen and oxygen atoms in total. The Morgan fingerprint density at radius 1 is 0.889 bits per heavy atom. The summed E-state index contributed by atoms with van der Waals surface area (Å²) in [6, 6.07) is 21.6. The normalized spacial score (nSPS) is 13.3. The Morgan fingerprint density at radius 3 is 2.37 bits per heavy atom. The van der Waals surface area contributed by atoms with Crippen LogP contribution in [0.25, 0.3) is 11.3 Å². The number of aryl methyl sites for hydroxylation is 1. The molecule has 2 unspecified atom stereocenters. The summed E-state index contributed by atoms with van der Waals surface area (Å²) in [5.41, 5.74) is 5.74. The Kier molecular flexibility index (Phi) is 6.39. The lowest BCUT2D eigenvalue weighted by atomic mass is 9.88. The van der Waals surface area contributed by atoms with Crippen LogP contribution in [-0.4, -0.2) is 4.98 Å². The fraction of sp³-hybridized carbons (Fsp3) is 0.320. The van der Waals surface area contributed by atoms with E-state index in [1.807, 2.05) is 24.3 Å². The number of rotatable bonds is 7. The third-order valence-corrected chi connectivity index (χ3v) is 5.39. The van der Waals surface area contributed by atoms with E-state index in [0.29, 0.717) is 11.8 Å². The second-order valence-corrected chi connectivity index (χ2v) is 7.42. The maximum absolute atomic E-state index is 13.5. The van der Waals surface area contributed by atoms with Crippen LogP contribution in [0.3, 0.4) is 0 Å². The molecule has 1 aromatic heterocycles. The molecule has 0 N–H and O–H groups in total. The van der Waals surface area contributed by atoms with Gasteiger partial charge in [-0.25, -0.2) is 4.39 Å². The van der Waals surface area contributed by atoms with Crippen LogP contribution in [0, 0.1) is 5.82 Å². The summed E-state index contributed by atoms with van der Waals surface area (Å²) in [6.07, 6.45) is 2.91. The molecule has 2 atom stereocenters. The van der Waals surface area contributed by atoms with E-state index in [1.54, 1.807) is 12.1 Å². The molecule has 0 saturated heterocycles. The van der Waals surface area contributed by atoms with Crippen molar-refractivity contribution < 1.29 is 4.39 Å². The molecule has 0 radical (unpaired) electrons. The molecule has 3 aromatic rings. The van der Waals surface area contributed by atoms with Gasteiger partial charge in [0.05, 0.1) is 5.69 Å². The highest BCUT2D eigenvalue weighted by molar-refractivity contribution is 5.59. The van der Waals surface area contributed by atoms with Gasteiger partial charge in [0, 0.05) is 11.3 Å². The smallest absolute Gasteiger partial charge is 0.123 e. The minimum Gasteiger partial charge on any atom is -0.252 e. The summed E-state index contributed by atoms with van der Waals surface area (Å²) >= 11 is 0. The van der Waals surface area contributed by atoms with Crippen molar-refractivity contribution >= 4 is 0 Å². The second kappa shape index (κ2) is 8.94. The third kappa shape index (κ3) is 4.82. The van der Waals surface area contributed by atoms with Gasteiger partial charge in [-0.3, -0.25) is 4.98 Å². The van der Waals surface area contributed by atoms with E-state index in [4.69, 9.17) is 4.98 Å². The van der Waals surface area contributed by atoms with Crippen LogP contribution in [0.5, 0.6) is 0 Å². The minimum absolute atomic E-state index is 0.162. The SMILES string of the molecule is CCC(C)c1ccc(-c2ccccc2)nc1C(C)CCc1cccc(F)c1. The van der Waals surface area contributed by atoms with Crippen molar-refractivity contribution in [3.05, 3.63) is 89.4 Å². The molecule has 0 spiro atoms. The first kappa shape index (κ1) is 19.3. The monoisotopic (exact) mass is 361 g/mol. The van der Waals surface area contributed by atoms with Crippen molar-refractivity contribution in [3.63, 3.8) is 0 Å². The van der Waals surface area contributed by atoms with Crippen LogP contribution in [-0.2, 0) is 6.42 Å². The van der Waals surface area contributed by atoms with Crippen LogP contribution in [0.15, 0.2) is 66.7 Å². The standard InChI is InChI=1S/C25H28FN/c1-4-18(2)23-15-16-24(21-10-6-5-7-11-21)27-25(23)19(3)13-14-20-9-8-12-22(26)17-20/h5-12,15-19H,4,13-14H2,1-3H3. The van der Waals surface area contributed by atoms with Gasteiger partial charge in [-0.1, -0.05) is 69.3 Å². The fourth-order valence-corrected chi connectivity index (χ4v) is 3.50. The predicted molar refractivity (Wildman–Crippen MR) is 112 cm³/mol. The zero-order valence-corrected chi connectivity index (χ0v) is 16.5. The van der Waals surface area contributed by atoms with Gasteiger partial charge in [-0.2, -0.15) is 0 Å². The first-order valence-electron chi connectivity index (χ1n) is 9.89. The Balaban J connectivity index is 1.88. The molecule has 0 amide bonds. The van der Waals surface area contributed by atoms with Gasteiger partial charge in [0.1, 0.15) is 5.82 Å². The minimum atomic E-state index is -0.162. The quantitative estimate of drug-likeness (QED) is 0.436. The van der Waals surface area contributed by atoms with E-state index in [0.717, 1.165) is 36.1 Å². The number of halogens is 1. The van der Waals surface area contributed by atoms with Crippen molar-refractivity contribution in [2.24, 2.45) is 0 Å². The number of hydrogen-bond donors (Lipinski definition) is 0. The summed E-state index contributed by atoms with van der Waals surface area (Å²) in [4.78, 5) is 5.07. The molecule has 0 aliphatic carbocycles. The van der Waals surface area contributed by atoms with Crippen molar-refractivity contribution in [1.29, 1.82) is 0 Å². The van der Waals surface area contributed by atoms with Crippen molar-refractivity contribution in [1.82, 2.24) is 4.98 Å². The number of benzene rings is 2. The zero-order chi connectivity index (χ0) is 19.2. The van der Waals surface area contributed by atoms with Gasteiger partial charge in [-0.05, 0) is 60.4 Å². The zero-order valence-electron chi connectivity index (χ0n) is 16.5. The molecule has 140 valence electrons. The molecule has 27 heavy (non-hydrogen) atoms. The van der Waals surface area contributed by atoms with Gasteiger partial charge >= 0.3 is 0 Å². The Morgan fingerprint density at radius 2 is 1.67 bits per heavy atom. The predicted octanol–water partition coefficient (Wildman–Crippen LogP) is 7.14. The molecule has 2 heteroatoms. The van der Waals surface area contributed by atoms with Crippen molar-refractivity contribution in [2.45, 2.75) is 51.9 Å². The largest absolute Gasteiger partial charge is 0.252 e. The van der Waals surface area contributed by atoms with E-state index in [9.17, 15) is 4.39 Å². The average Bonchev–Trinajstić information content (AvgIpc) is 2.71. The van der Waals surface area contributed by atoms with Gasteiger partial charge in [-0.15, -0.1) is 0 Å². The van der Waals surface area contributed by atoms with Crippen molar-refractivity contribution in [3.8, 4) is 11.3 Å². The Bertz CT molecular complexity index is 873. The van der Waals surface area contributed by atoms with Gasteiger partial charge in [0.2, 0.25) is 0 Å². The maximum atomic E-state index is 13.5. The Hall–Kier alpha value is -2.48. The van der Waals surface area contributed by atoms with E-state index in [1.165, 1.54) is 17.3 Å². The molecule has 0 saturated carbocycles. The lowest BCUT2D eigenvalue weighted by Crippen LogP contribution is -2.07. The molecule has 0 aliphatic rings. The molecular formula is C25H28FN. The van der Waals surface area contributed by atoms with Crippen LogP contribution in [0.4, 0.5) is 4.39 Å². The highest BCUT2D eigenvalue weighted by atomic mass is 19.1. The summed E-state index contributed by atoms with van der Waals surface area (Å²) < 4.78 is 13.5. The molecule has 1 heterocycles. The summed E-state index contributed by atoms with van der Waals surface area (Å²) in [5, 5.41) is 0. The molecular weight excluding hydrogens is 333 g/mol. The van der Waals surface area contributed by atoms with Gasteiger partial charge in [0.15, 0.2) is 0 Å². The maximum Gasteiger partial charge on any atom is 0.123 e. The number of pyridine rings is 1. The van der Waals surface area contributed by atoms with E-state index >= 15 is 0 Å². The second-order valence-electron chi connectivity index (χ2n) is 7.42. The molecule has 2 aromatic carbocycles. The van der Waals surface area contributed by atoms with Crippen LogP contribution < -0.4 is 0 Å². The molecule has 0 fully saturated rings.